The lowest BCUT2D eigenvalue weighted by atomic mass is 10.00. The van der Waals surface area contributed by atoms with E-state index in [0.717, 1.165) is 30.6 Å². The molecule has 1 saturated heterocycles. The van der Waals surface area contributed by atoms with E-state index < -0.39 is 0 Å². The lowest BCUT2D eigenvalue weighted by Gasteiger charge is -2.34. The van der Waals surface area contributed by atoms with E-state index in [4.69, 9.17) is 0 Å². The van der Waals surface area contributed by atoms with Gasteiger partial charge in [-0.2, -0.15) is 0 Å². The number of likely N-dealkylation sites (tertiary alicyclic amines) is 1. The highest BCUT2D eigenvalue weighted by atomic mass is 16.2. The van der Waals surface area contributed by atoms with Crippen LogP contribution in [0.4, 0.5) is 5.69 Å². The third kappa shape index (κ3) is 4.93. The standard InChI is InChI=1S/C22H28N2O/c1-2-20-13-8-9-15-24(20)17-22(25)23-21-14-7-6-12-19(21)16-18-10-4-3-5-11-18/h3-7,10-12,14,20H,2,8-9,13,15-17H2,1H3,(H,23,25). The maximum atomic E-state index is 12.6. The van der Waals surface area contributed by atoms with Crippen LogP contribution in [0.2, 0.25) is 0 Å². The number of anilines is 1. The molecule has 1 atom stereocenters. The summed E-state index contributed by atoms with van der Waals surface area (Å²) >= 11 is 0. The number of carbonyl (C=O) groups excluding carboxylic acids is 1. The molecule has 1 heterocycles. The molecule has 1 aliphatic rings. The maximum Gasteiger partial charge on any atom is 0.238 e. The molecule has 1 N–H and O–H groups in total. The van der Waals surface area contributed by atoms with Crippen molar-refractivity contribution in [3.8, 4) is 0 Å². The van der Waals surface area contributed by atoms with Gasteiger partial charge >= 0.3 is 0 Å². The van der Waals surface area contributed by atoms with E-state index in [1.54, 1.807) is 0 Å². The molecule has 1 aliphatic heterocycles. The highest BCUT2D eigenvalue weighted by molar-refractivity contribution is 5.93. The van der Waals surface area contributed by atoms with E-state index in [1.165, 1.54) is 24.8 Å². The summed E-state index contributed by atoms with van der Waals surface area (Å²) in [4.78, 5) is 14.9. The fourth-order valence-electron chi connectivity index (χ4n) is 3.72. The topological polar surface area (TPSA) is 32.3 Å². The van der Waals surface area contributed by atoms with Crippen molar-refractivity contribution in [1.82, 2.24) is 4.90 Å². The van der Waals surface area contributed by atoms with E-state index in [2.05, 4.69) is 47.5 Å². The fraction of sp³-hybridized carbons (Fsp3) is 0.409. The second-order valence-electron chi connectivity index (χ2n) is 6.90. The van der Waals surface area contributed by atoms with Gasteiger partial charge in [-0.05, 0) is 49.4 Å². The Labute approximate surface area is 151 Å². The summed E-state index contributed by atoms with van der Waals surface area (Å²) in [6.45, 7) is 3.76. The first-order chi connectivity index (χ1) is 12.3. The Kier molecular flexibility index (Phi) is 6.24. The molecular weight excluding hydrogens is 308 g/mol. The molecule has 0 spiro atoms. The minimum Gasteiger partial charge on any atom is -0.325 e. The van der Waals surface area contributed by atoms with Crippen LogP contribution in [0, 0.1) is 0 Å². The van der Waals surface area contributed by atoms with Crippen LogP contribution in [0.15, 0.2) is 54.6 Å². The van der Waals surface area contributed by atoms with E-state index in [0.29, 0.717) is 12.6 Å². The van der Waals surface area contributed by atoms with Gasteiger partial charge in [0.1, 0.15) is 0 Å². The molecule has 1 amide bonds. The summed E-state index contributed by atoms with van der Waals surface area (Å²) < 4.78 is 0. The van der Waals surface area contributed by atoms with Gasteiger partial charge in [0.05, 0.1) is 6.54 Å². The Morgan fingerprint density at radius 1 is 1.08 bits per heavy atom. The number of carbonyl (C=O) groups is 1. The van der Waals surface area contributed by atoms with Crippen LogP contribution in [0.1, 0.15) is 43.7 Å². The van der Waals surface area contributed by atoms with Gasteiger partial charge in [0, 0.05) is 11.7 Å². The molecule has 0 saturated carbocycles. The first-order valence-corrected chi connectivity index (χ1v) is 9.42. The van der Waals surface area contributed by atoms with Crippen molar-refractivity contribution in [1.29, 1.82) is 0 Å². The predicted molar refractivity (Wildman–Crippen MR) is 104 cm³/mol. The summed E-state index contributed by atoms with van der Waals surface area (Å²) in [7, 11) is 0. The summed E-state index contributed by atoms with van der Waals surface area (Å²) in [5.74, 6) is 0.0980. The molecule has 25 heavy (non-hydrogen) atoms. The zero-order valence-electron chi connectivity index (χ0n) is 15.1. The van der Waals surface area contributed by atoms with E-state index >= 15 is 0 Å². The zero-order valence-corrected chi connectivity index (χ0v) is 15.1. The van der Waals surface area contributed by atoms with Crippen molar-refractivity contribution in [3.05, 3.63) is 65.7 Å². The third-order valence-corrected chi connectivity index (χ3v) is 5.10. The van der Waals surface area contributed by atoms with Crippen molar-refractivity contribution in [2.24, 2.45) is 0 Å². The number of para-hydroxylation sites is 1. The first kappa shape index (κ1) is 17.7. The highest BCUT2D eigenvalue weighted by Crippen LogP contribution is 2.21. The van der Waals surface area contributed by atoms with Crippen LogP contribution in [0.5, 0.6) is 0 Å². The Morgan fingerprint density at radius 2 is 1.84 bits per heavy atom. The zero-order chi connectivity index (χ0) is 17.5. The number of hydrogen-bond donors (Lipinski definition) is 1. The highest BCUT2D eigenvalue weighted by Gasteiger charge is 2.22. The number of rotatable bonds is 6. The molecule has 0 bridgehead atoms. The molecule has 1 fully saturated rings. The first-order valence-electron chi connectivity index (χ1n) is 9.42. The number of hydrogen-bond acceptors (Lipinski definition) is 2. The van der Waals surface area contributed by atoms with Gasteiger partial charge in [0.15, 0.2) is 0 Å². The van der Waals surface area contributed by atoms with E-state index in [1.807, 2.05) is 24.3 Å². The van der Waals surface area contributed by atoms with Gasteiger partial charge in [-0.25, -0.2) is 0 Å². The lowest BCUT2D eigenvalue weighted by Crippen LogP contribution is -2.43. The predicted octanol–water partition coefficient (Wildman–Crippen LogP) is 4.48. The largest absolute Gasteiger partial charge is 0.325 e. The lowest BCUT2D eigenvalue weighted by molar-refractivity contribution is -0.118. The van der Waals surface area contributed by atoms with Gasteiger partial charge in [-0.3, -0.25) is 9.69 Å². The molecule has 2 aromatic carbocycles. The molecule has 0 aliphatic carbocycles. The number of piperidine rings is 1. The molecule has 2 aromatic rings. The summed E-state index contributed by atoms with van der Waals surface area (Å²) in [5, 5.41) is 3.14. The molecule has 3 heteroatoms. The molecule has 3 rings (SSSR count). The van der Waals surface area contributed by atoms with Gasteiger partial charge in [-0.15, -0.1) is 0 Å². The molecule has 3 nitrogen and oxygen atoms in total. The quantitative estimate of drug-likeness (QED) is 0.843. The average molecular weight is 336 g/mol. The van der Waals surface area contributed by atoms with Crippen molar-refractivity contribution < 1.29 is 4.79 Å². The van der Waals surface area contributed by atoms with E-state index in [-0.39, 0.29) is 5.91 Å². The molecule has 0 aromatic heterocycles. The van der Waals surface area contributed by atoms with Crippen LogP contribution >= 0.6 is 0 Å². The summed E-state index contributed by atoms with van der Waals surface area (Å²) in [6, 6.07) is 19.1. The normalized spacial score (nSPS) is 18.0. The summed E-state index contributed by atoms with van der Waals surface area (Å²) in [5.41, 5.74) is 3.35. The fourth-order valence-corrected chi connectivity index (χ4v) is 3.72. The van der Waals surface area contributed by atoms with Crippen molar-refractivity contribution in [2.45, 2.75) is 45.1 Å². The van der Waals surface area contributed by atoms with Crippen molar-refractivity contribution in [2.75, 3.05) is 18.4 Å². The number of nitrogens with one attached hydrogen (secondary N) is 1. The maximum absolute atomic E-state index is 12.6. The van der Waals surface area contributed by atoms with Crippen LogP contribution in [-0.2, 0) is 11.2 Å². The van der Waals surface area contributed by atoms with Crippen LogP contribution in [0.3, 0.4) is 0 Å². The number of amides is 1. The number of nitrogens with zero attached hydrogens (tertiary/aromatic N) is 1. The molecule has 0 radical (unpaired) electrons. The SMILES string of the molecule is CCC1CCCCN1CC(=O)Nc1ccccc1Cc1ccccc1. The smallest absolute Gasteiger partial charge is 0.238 e. The van der Waals surface area contributed by atoms with Gasteiger partial charge < -0.3 is 5.32 Å². The minimum atomic E-state index is 0.0980. The molecular formula is C22H28N2O. The van der Waals surface area contributed by atoms with Gasteiger partial charge in [0.25, 0.3) is 0 Å². The van der Waals surface area contributed by atoms with Gasteiger partial charge in [-0.1, -0.05) is 61.9 Å². The average Bonchev–Trinajstić information content (AvgIpc) is 2.64. The second kappa shape index (κ2) is 8.82. The third-order valence-electron chi connectivity index (χ3n) is 5.10. The molecule has 1 unspecified atom stereocenters. The van der Waals surface area contributed by atoms with E-state index in [9.17, 15) is 4.79 Å². The van der Waals surface area contributed by atoms with Crippen molar-refractivity contribution in [3.63, 3.8) is 0 Å². The Morgan fingerprint density at radius 3 is 2.64 bits per heavy atom. The van der Waals surface area contributed by atoms with Crippen LogP contribution in [0.25, 0.3) is 0 Å². The Bertz CT molecular complexity index is 683. The Balaban J connectivity index is 1.65. The van der Waals surface area contributed by atoms with Gasteiger partial charge in [0.2, 0.25) is 5.91 Å². The summed E-state index contributed by atoms with van der Waals surface area (Å²) in [6.07, 6.45) is 5.66. The van der Waals surface area contributed by atoms with Crippen LogP contribution in [-0.4, -0.2) is 29.9 Å². The monoisotopic (exact) mass is 336 g/mol. The molecule has 132 valence electrons. The Hall–Kier alpha value is -2.13. The number of benzene rings is 2. The minimum absolute atomic E-state index is 0.0980. The van der Waals surface area contributed by atoms with Crippen LogP contribution < -0.4 is 5.32 Å². The van der Waals surface area contributed by atoms with Crippen molar-refractivity contribution >= 4 is 11.6 Å². The second-order valence-corrected chi connectivity index (χ2v) is 6.90.